The first-order valence-corrected chi connectivity index (χ1v) is 3.96. The summed E-state index contributed by atoms with van der Waals surface area (Å²) in [5.74, 6) is -0.00753. The van der Waals surface area contributed by atoms with Crippen LogP contribution in [-0.4, -0.2) is 15.2 Å². The Balaban J connectivity index is 2.55. The van der Waals surface area contributed by atoms with Gasteiger partial charge in [0.15, 0.2) is 5.82 Å². The molecule has 0 atom stereocenters. The standard InChI is InChI=1S/C9H7FN2O2/c1-5-11-9(14-12-5)7-4-6(10)2-3-8(7)13/h2-4,13H,1H3. The molecule has 0 aliphatic heterocycles. The molecule has 5 heteroatoms. The summed E-state index contributed by atoms with van der Waals surface area (Å²) in [6, 6.07) is 3.54. The van der Waals surface area contributed by atoms with Crippen LogP contribution < -0.4 is 0 Å². The zero-order valence-electron chi connectivity index (χ0n) is 7.36. The molecule has 0 amide bonds. The predicted molar refractivity (Wildman–Crippen MR) is 46.1 cm³/mol. The SMILES string of the molecule is Cc1noc(-c2cc(F)ccc2O)n1. The van der Waals surface area contributed by atoms with E-state index in [9.17, 15) is 9.50 Å². The second-order valence-electron chi connectivity index (χ2n) is 2.81. The number of hydrogen-bond acceptors (Lipinski definition) is 4. The Bertz CT molecular complexity index is 468. The van der Waals surface area contributed by atoms with Crippen LogP contribution in [0.25, 0.3) is 11.5 Å². The first-order valence-electron chi connectivity index (χ1n) is 3.96. The van der Waals surface area contributed by atoms with Gasteiger partial charge in [-0.25, -0.2) is 4.39 Å². The molecule has 0 saturated carbocycles. The smallest absolute Gasteiger partial charge is 0.261 e. The van der Waals surface area contributed by atoms with Crippen LogP contribution in [0, 0.1) is 12.7 Å². The van der Waals surface area contributed by atoms with Crippen LogP contribution in [0.4, 0.5) is 4.39 Å². The summed E-state index contributed by atoms with van der Waals surface area (Å²) in [7, 11) is 0. The van der Waals surface area contributed by atoms with Crippen molar-refractivity contribution in [3.63, 3.8) is 0 Å². The lowest BCUT2D eigenvalue weighted by molar-refractivity contribution is 0.419. The summed E-state index contributed by atoms with van der Waals surface area (Å²) in [5, 5.41) is 12.9. The fourth-order valence-electron chi connectivity index (χ4n) is 1.09. The van der Waals surface area contributed by atoms with E-state index in [1.54, 1.807) is 6.92 Å². The van der Waals surface area contributed by atoms with Gasteiger partial charge >= 0.3 is 0 Å². The van der Waals surface area contributed by atoms with Crippen molar-refractivity contribution < 1.29 is 14.0 Å². The Morgan fingerprint density at radius 3 is 2.86 bits per heavy atom. The van der Waals surface area contributed by atoms with Gasteiger partial charge < -0.3 is 9.63 Å². The monoisotopic (exact) mass is 194 g/mol. The van der Waals surface area contributed by atoms with Crippen molar-refractivity contribution in [2.75, 3.05) is 0 Å². The number of nitrogens with zero attached hydrogens (tertiary/aromatic N) is 2. The molecule has 0 aliphatic rings. The third-order valence-electron chi connectivity index (χ3n) is 1.72. The fraction of sp³-hybridized carbons (Fsp3) is 0.111. The Morgan fingerprint density at radius 2 is 2.21 bits per heavy atom. The molecule has 14 heavy (non-hydrogen) atoms. The molecule has 0 fully saturated rings. The van der Waals surface area contributed by atoms with Crippen LogP contribution in [0.3, 0.4) is 0 Å². The van der Waals surface area contributed by atoms with Crippen LogP contribution in [-0.2, 0) is 0 Å². The average Bonchev–Trinajstić information content (AvgIpc) is 2.56. The van der Waals surface area contributed by atoms with Crippen LogP contribution >= 0.6 is 0 Å². The van der Waals surface area contributed by atoms with Gasteiger partial charge in [-0.15, -0.1) is 0 Å². The van der Waals surface area contributed by atoms with Gasteiger partial charge in [0.1, 0.15) is 11.6 Å². The van der Waals surface area contributed by atoms with Crippen LogP contribution in [0.5, 0.6) is 5.75 Å². The molecule has 0 spiro atoms. The minimum absolute atomic E-state index is 0.0879. The second kappa shape index (κ2) is 3.10. The summed E-state index contributed by atoms with van der Waals surface area (Å²) in [6.07, 6.45) is 0. The molecular formula is C9H7FN2O2. The Labute approximate surface area is 79.0 Å². The van der Waals surface area contributed by atoms with Crippen molar-refractivity contribution in [2.45, 2.75) is 6.92 Å². The van der Waals surface area contributed by atoms with E-state index in [1.807, 2.05) is 0 Å². The lowest BCUT2D eigenvalue weighted by atomic mass is 10.2. The number of benzene rings is 1. The molecule has 2 aromatic rings. The lowest BCUT2D eigenvalue weighted by Gasteiger charge is -1.97. The molecule has 1 N–H and O–H groups in total. The second-order valence-corrected chi connectivity index (χ2v) is 2.81. The minimum atomic E-state index is -0.464. The molecule has 0 unspecified atom stereocenters. The Hall–Kier alpha value is -1.91. The zero-order valence-corrected chi connectivity index (χ0v) is 7.36. The number of rotatable bonds is 1. The number of aromatic hydroxyl groups is 1. The van der Waals surface area contributed by atoms with E-state index in [-0.39, 0.29) is 17.2 Å². The van der Waals surface area contributed by atoms with E-state index in [4.69, 9.17) is 4.52 Å². The van der Waals surface area contributed by atoms with Crippen molar-refractivity contribution >= 4 is 0 Å². The van der Waals surface area contributed by atoms with Gasteiger partial charge in [0.25, 0.3) is 5.89 Å². The van der Waals surface area contributed by atoms with Crippen molar-refractivity contribution in [3.05, 3.63) is 29.8 Å². The summed E-state index contributed by atoms with van der Waals surface area (Å²) in [4.78, 5) is 3.88. The van der Waals surface area contributed by atoms with E-state index in [0.717, 1.165) is 12.1 Å². The number of phenolic OH excluding ortho intramolecular Hbond substituents is 1. The highest BCUT2D eigenvalue weighted by molar-refractivity contribution is 5.61. The molecule has 0 saturated heterocycles. The number of aromatic nitrogens is 2. The fourth-order valence-corrected chi connectivity index (χ4v) is 1.09. The van der Waals surface area contributed by atoms with E-state index in [1.165, 1.54) is 6.07 Å². The number of phenols is 1. The maximum Gasteiger partial charge on any atom is 0.261 e. The Morgan fingerprint density at radius 1 is 1.43 bits per heavy atom. The average molecular weight is 194 g/mol. The maximum atomic E-state index is 12.8. The third kappa shape index (κ3) is 1.44. The highest BCUT2D eigenvalue weighted by atomic mass is 19.1. The molecular weight excluding hydrogens is 187 g/mol. The van der Waals surface area contributed by atoms with Gasteiger partial charge in [0.2, 0.25) is 0 Å². The number of hydrogen-bond donors (Lipinski definition) is 1. The quantitative estimate of drug-likeness (QED) is 0.753. The van der Waals surface area contributed by atoms with Gasteiger partial charge in [-0.3, -0.25) is 0 Å². The van der Waals surface area contributed by atoms with Gasteiger partial charge in [0, 0.05) is 0 Å². The normalized spacial score (nSPS) is 10.4. The van der Waals surface area contributed by atoms with Crippen LogP contribution in [0.2, 0.25) is 0 Å². The van der Waals surface area contributed by atoms with Crippen LogP contribution in [0.1, 0.15) is 5.82 Å². The summed E-state index contributed by atoms with van der Waals surface area (Å²) < 4.78 is 17.6. The predicted octanol–water partition coefficient (Wildman–Crippen LogP) is 1.89. The molecule has 0 bridgehead atoms. The van der Waals surface area contributed by atoms with Crippen LogP contribution in [0.15, 0.2) is 22.7 Å². The van der Waals surface area contributed by atoms with Crippen molar-refractivity contribution in [1.82, 2.24) is 10.1 Å². The van der Waals surface area contributed by atoms with Gasteiger partial charge in [-0.05, 0) is 25.1 Å². The molecule has 72 valence electrons. The molecule has 1 aromatic heterocycles. The summed E-state index contributed by atoms with van der Waals surface area (Å²) in [5.41, 5.74) is 0.200. The molecule has 1 aromatic carbocycles. The van der Waals surface area contributed by atoms with E-state index < -0.39 is 5.82 Å². The van der Waals surface area contributed by atoms with E-state index >= 15 is 0 Å². The molecule has 0 radical (unpaired) electrons. The molecule has 0 aliphatic carbocycles. The van der Waals surface area contributed by atoms with Gasteiger partial charge in [0.05, 0.1) is 5.56 Å². The van der Waals surface area contributed by atoms with Crippen molar-refractivity contribution in [3.8, 4) is 17.2 Å². The maximum absolute atomic E-state index is 12.8. The molecule has 1 heterocycles. The minimum Gasteiger partial charge on any atom is -0.507 e. The summed E-state index contributed by atoms with van der Waals surface area (Å²) in [6.45, 7) is 1.64. The van der Waals surface area contributed by atoms with Gasteiger partial charge in [-0.2, -0.15) is 4.98 Å². The highest BCUT2D eigenvalue weighted by Gasteiger charge is 2.11. The van der Waals surface area contributed by atoms with Crippen molar-refractivity contribution in [2.24, 2.45) is 0 Å². The Kier molecular flexibility index (Phi) is 1.92. The van der Waals surface area contributed by atoms with Gasteiger partial charge in [-0.1, -0.05) is 5.16 Å². The van der Waals surface area contributed by atoms with Crippen molar-refractivity contribution in [1.29, 1.82) is 0 Å². The first-order chi connectivity index (χ1) is 6.66. The van der Waals surface area contributed by atoms with E-state index in [2.05, 4.69) is 10.1 Å². The number of halogens is 1. The zero-order chi connectivity index (χ0) is 10.1. The highest BCUT2D eigenvalue weighted by Crippen LogP contribution is 2.27. The van der Waals surface area contributed by atoms with E-state index in [0.29, 0.717) is 5.82 Å². The lowest BCUT2D eigenvalue weighted by Crippen LogP contribution is -1.82. The molecule has 4 nitrogen and oxygen atoms in total. The first kappa shape index (κ1) is 8.68. The molecule has 2 rings (SSSR count). The topological polar surface area (TPSA) is 59.2 Å². The summed E-state index contributed by atoms with van der Waals surface area (Å²) >= 11 is 0. The third-order valence-corrected chi connectivity index (χ3v) is 1.72. The largest absolute Gasteiger partial charge is 0.507 e. The number of aryl methyl sites for hydroxylation is 1.